The molecular formula is C19H21NO3. The number of hydrogen-bond acceptors (Lipinski definition) is 3. The zero-order valence-electron chi connectivity index (χ0n) is 13.2. The first kappa shape index (κ1) is 15.6. The molecule has 0 spiro atoms. The Bertz CT molecular complexity index is 713. The maximum atomic E-state index is 12.3. The quantitative estimate of drug-likeness (QED) is 0.911. The Labute approximate surface area is 136 Å². The largest absolute Gasteiger partial charge is 0.497 e. The molecule has 1 amide bonds. The molecule has 2 N–H and O–H groups in total. The van der Waals surface area contributed by atoms with Crippen molar-refractivity contribution in [1.29, 1.82) is 0 Å². The highest BCUT2D eigenvalue weighted by Crippen LogP contribution is 2.28. The lowest BCUT2D eigenvalue weighted by Crippen LogP contribution is -2.46. The number of aryl methyl sites for hydroxylation is 1. The van der Waals surface area contributed by atoms with E-state index < -0.39 is 5.60 Å². The van der Waals surface area contributed by atoms with E-state index in [1.807, 2.05) is 18.2 Å². The van der Waals surface area contributed by atoms with Crippen molar-refractivity contribution in [3.05, 3.63) is 65.2 Å². The lowest BCUT2D eigenvalue weighted by Gasteiger charge is -2.33. The minimum Gasteiger partial charge on any atom is -0.497 e. The lowest BCUT2D eigenvalue weighted by molar-refractivity contribution is 0.0260. The highest BCUT2D eigenvalue weighted by atomic mass is 16.5. The standard InChI is InChI=1S/C19H21NO3/c1-23-17-8-4-7-15(11-17)18(21)20-13-19(22)10-9-14-5-2-3-6-16(14)12-19/h2-8,11,22H,9-10,12-13H2,1H3,(H,20,21). The van der Waals surface area contributed by atoms with Gasteiger partial charge in [0.05, 0.1) is 12.7 Å². The third-order valence-electron chi connectivity index (χ3n) is 4.41. The molecule has 3 rings (SSSR count). The Kier molecular flexibility index (Phi) is 4.35. The van der Waals surface area contributed by atoms with Crippen molar-refractivity contribution < 1.29 is 14.6 Å². The van der Waals surface area contributed by atoms with E-state index in [0.717, 1.165) is 12.0 Å². The summed E-state index contributed by atoms with van der Waals surface area (Å²) in [4.78, 5) is 12.3. The van der Waals surface area contributed by atoms with Gasteiger partial charge in [0, 0.05) is 18.5 Å². The van der Waals surface area contributed by atoms with Gasteiger partial charge in [-0.3, -0.25) is 4.79 Å². The van der Waals surface area contributed by atoms with Gasteiger partial charge in [-0.15, -0.1) is 0 Å². The lowest BCUT2D eigenvalue weighted by atomic mass is 9.80. The van der Waals surface area contributed by atoms with Gasteiger partial charge in [-0.2, -0.15) is 0 Å². The van der Waals surface area contributed by atoms with Crippen LogP contribution in [0, 0.1) is 0 Å². The number of carbonyl (C=O) groups is 1. The molecule has 0 aliphatic heterocycles. The molecule has 1 aliphatic carbocycles. The van der Waals surface area contributed by atoms with Crippen molar-refractivity contribution in [3.8, 4) is 5.75 Å². The maximum Gasteiger partial charge on any atom is 0.251 e. The molecule has 1 unspecified atom stereocenters. The van der Waals surface area contributed by atoms with E-state index in [1.165, 1.54) is 5.56 Å². The van der Waals surface area contributed by atoms with Crippen LogP contribution in [0.5, 0.6) is 5.75 Å². The molecule has 2 aromatic rings. The van der Waals surface area contributed by atoms with Crippen LogP contribution in [0.4, 0.5) is 0 Å². The number of carbonyl (C=O) groups excluding carboxylic acids is 1. The molecule has 0 saturated carbocycles. The van der Waals surface area contributed by atoms with Crippen molar-refractivity contribution in [2.24, 2.45) is 0 Å². The predicted molar refractivity (Wildman–Crippen MR) is 88.7 cm³/mol. The van der Waals surface area contributed by atoms with Gasteiger partial charge in [0.1, 0.15) is 5.75 Å². The van der Waals surface area contributed by atoms with E-state index in [1.54, 1.807) is 31.4 Å². The van der Waals surface area contributed by atoms with Crippen LogP contribution < -0.4 is 10.1 Å². The first-order valence-electron chi connectivity index (χ1n) is 7.81. The van der Waals surface area contributed by atoms with E-state index >= 15 is 0 Å². The van der Waals surface area contributed by atoms with Crippen molar-refractivity contribution in [2.75, 3.05) is 13.7 Å². The van der Waals surface area contributed by atoms with E-state index in [0.29, 0.717) is 24.2 Å². The third-order valence-corrected chi connectivity index (χ3v) is 4.41. The van der Waals surface area contributed by atoms with Crippen molar-refractivity contribution in [2.45, 2.75) is 24.9 Å². The number of methoxy groups -OCH3 is 1. The molecule has 0 saturated heterocycles. The zero-order valence-corrected chi connectivity index (χ0v) is 13.2. The Hall–Kier alpha value is -2.33. The van der Waals surface area contributed by atoms with Gasteiger partial charge in [0.2, 0.25) is 0 Å². The molecule has 0 aromatic heterocycles. The number of hydrogen-bond donors (Lipinski definition) is 2. The van der Waals surface area contributed by atoms with Crippen LogP contribution in [0.3, 0.4) is 0 Å². The summed E-state index contributed by atoms with van der Waals surface area (Å²) in [5.74, 6) is 0.444. The van der Waals surface area contributed by atoms with Crippen LogP contribution in [0.1, 0.15) is 27.9 Å². The van der Waals surface area contributed by atoms with Gasteiger partial charge in [-0.25, -0.2) is 0 Å². The van der Waals surface area contributed by atoms with Gasteiger partial charge in [0.15, 0.2) is 0 Å². The summed E-state index contributed by atoms with van der Waals surface area (Å²) < 4.78 is 5.13. The Morgan fingerprint density at radius 2 is 2.00 bits per heavy atom. The average molecular weight is 311 g/mol. The van der Waals surface area contributed by atoms with Crippen LogP contribution >= 0.6 is 0 Å². The third kappa shape index (κ3) is 3.54. The summed E-state index contributed by atoms with van der Waals surface area (Å²) in [6, 6.07) is 15.1. The van der Waals surface area contributed by atoms with Gasteiger partial charge < -0.3 is 15.2 Å². The SMILES string of the molecule is COc1cccc(C(=O)NCC2(O)CCc3ccccc3C2)c1. The number of fused-ring (bicyclic) bond motifs is 1. The molecule has 2 aromatic carbocycles. The summed E-state index contributed by atoms with van der Waals surface area (Å²) in [5.41, 5.74) is 2.10. The fourth-order valence-electron chi connectivity index (χ4n) is 3.05. The predicted octanol–water partition coefficient (Wildman–Crippen LogP) is 2.35. The monoisotopic (exact) mass is 311 g/mol. The molecule has 1 atom stereocenters. The molecule has 0 radical (unpaired) electrons. The Morgan fingerprint density at radius 1 is 1.22 bits per heavy atom. The molecule has 4 heteroatoms. The Morgan fingerprint density at radius 3 is 2.78 bits per heavy atom. The Balaban J connectivity index is 1.65. The highest BCUT2D eigenvalue weighted by Gasteiger charge is 2.32. The minimum atomic E-state index is -0.886. The first-order chi connectivity index (χ1) is 11.1. The van der Waals surface area contributed by atoms with Crippen molar-refractivity contribution in [3.63, 3.8) is 0 Å². The molecule has 120 valence electrons. The van der Waals surface area contributed by atoms with E-state index in [9.17, 15) is 9.90 Å². The van der Waals surface area contributed by atoms with E-state index in [2.05, 4.69) is 11.4 Å². The van der Waals surface area contributed by atoms with Crippen LogP contribution in [-0.4, -0.2) is 30.3 Å². The molecule has 1 aliphatic rings. The summed E-state index contributed by atoms with van der Waals surface area (Å²) in [6.45, 7) is 0.247. The summed E-state index contributed by atoms with van der Waals surface area (Å²) >= 11 is 0. The normalized spacial score (nSPS) is 19.7. The topological polar surface area (TPSA) is 58.6 Å². The second-order valence-electron chi connectivity index (χ2n) is 6.08. The number of nitrogens with one attached hydrogen (secondary N) is 1. The number of benzene rings is 2. The fraction of sp³-hybridized carbons (Fsp3) is 0.316. The first-order valence-corrected chi connectivity index (χ1v) is 7.81. The zero-order chi connectivity index (χ0) is 16.3. The second-order valence-corrected chi connectivity index (χ2v) is 6.08. The fourth-order valence-corrected chi connectivity index (χ4v) is 3.05. The number of ether oxygens (including phenoxy) is 1. The van der Waals surface area contributed by atoms with Gasteiger partial charge in [-0.1, -0.05) is 30.3 Å². The van der Waals surface area contributed by atoms with Crippen LogP contribution in [0.2, 0.25) is 0 Å². The number of rotatable bonds is 4. The van der Waals surface area contributed by atoms with E-state index in [-0.39, 0.29) is 12.5 Å². The minimum absolute atomic E-state index is 0.198. The second kappa shape index (κ2) is 6.42. The van der Waals surface area contributed by atoms with Gasteiger partial charge in [-0.05, 0) is 42.2 Å². The smallest absolute Gasteiger partial charge is 0.251 e. The summed E-state index contributed by atoms with van der Waals surface area (Å²) in [5, 5.41) is 13.6. The maximum absolute atomic E-state index is 12.3. The van der Waals surface area contributed by atoms with Crippen molar-refractivity contribution in [1.82, 2.24) is 5.32 Å². The molecule has 0 fully saturated rings. The van der Waals surface area contributed by atoms with Crippen LogP contribution in [0.25, 0.3) is 0 Å². The molecule has 4 nitrogen and oxygen atoms in total. The molecule has 23 heavy (non-hydrogen) atoms. The molecule has 0 heterocycles. The summed E-state index contributed by atoms with van der Waals surface area (Å²) in [6.07, 6.45) is 2.06. The van der Waals surface area contributed by atoms with Gasteiger partial charge in [0.25, 0.3) is 5.91 Å². The highest BCUT2D eigenvalue weighted by molar-refractivity contribution is 5.94. The molecule has 0 bridgehead atoms. The molecular weight excluding hydrogens is 290 g/mol. The van der Waals surface area contributed by atoms with Gasteiger partial charge >= 0.3 is 0 Å². The average Bonchev–Trinajstić information content (AvgIpc) is 2.59. The number of aliphatic hydroxyl groups is 1. The number of amides is 1. The summed E-state index contributed by atoms with van der Waals surface area (Å²) in [7, 11) is 1.57. The van der Waals surface area contributed by atoms with Crippen LogP contribution in [-0.2, 0) is 12.8 Å². The van der Waals surface area contributed by atoms with E-state index in [4.69, 9.17) is 4.74 Å². The van der Waals surface area contributed by atoms with Crippen molar-refractivity contribution >= 4 is 5.91 Å². The van der Waals surface area contributed by atoms with Crippen LogP contribution in [0.15, 0.2) is 48.5 Å².